The van der Waals surface area contributed by atoms with Crippen LogP contribution in [0.25, 0.3) is 0 Å². The normalized spacial score (nSPS) is 14.4. The van der Waals surface area contributed by atoms with E-state index >= 15 is 0 Å². The summed E-state index contributed by atoms with van der Waals surface area (Å²) < 4.78 is 16.5. The molecule has 2 amide bonds. The Morgan fingerprint density at radius 3 is 2.37 bits per heavy atom. The molecule has 1 saturated heterocycles. The smallest absolute Gasteiger partial charge is 0.257 e. The summed E-state index contributed by atoms with van der Waals surface area (Å²) in [4.78, 5) is 27.0. The van der Waals surface area contributed by atoms with Gasteiger partial charge in [0.2, 0.25) is 0 Å². The van der Waals surface area contributed by atoms with E-state index < -0.39 is 0 Å². The van der Waals surface area contributed by atoms with E-state index in [1.165, 1.54) is 12.5 Å². The van der Waals surface area contributed by atoms with Crippen molar-refractivity contribution in [2.75, 3.05) is 26.3 Å². The molecule has 1 aliphatic heterocycles. The fourth-order valence-corrected chi connectivity index (χ4v) is 3.37. The molecule has 0 bridgehead atoms. The second-order valence-corrected chi connectivity index (χ2v) is 7.41. The summed E-state index contributed by atoms with van der Waals surface area (Å²) in [7, 11) is 0. The van der Waals surface area contributed by atoms with Crippen LogP contribution in [0.3, 0.4) is 0 Å². The van der Waals surface area contributed by atoms with Crippen LogP contribution in [-0.4, -0.2) is 49.1 Å². The molecular weight excluding hydrogens is 384 g/mol. The van der Waals surface area contributed by atoms with Gasteiger partial charge in [0.15, 0.2) is 11.5 Å². The van der Waals surface area contributed by atoms with Crippen LogP contribution in [0.4, 0.5) is 0 Å². The Morgan fingerprint density at radius 2 is 1.73 bits per heavy atom. The molecule has 2 aromatic rings. The SMILES string of the molecule is CCCOc1ccc(C(=O)NC2CCN(C(=O)c3ccoc3)CC2)cc1OCCC. The van der Waals surface area contributed by atoms with E-state index in [4.69, 9.17) is 13.9 Å². The van der Waals surface area contributed by atoms with Crippen molar-refractivity contribution in [3.05, 3.63) is 47.9 Å². The Balaban J connectivity index is 1.57. The van der Waals surface area contributed by atoms with Gasteiger partial charge in [0.25, 0.3) is 11.8 Å². The van der Waals surface area contributed by atoms with Gasteiger partial charge in [-0.1, -0.05) is 13.8 Å². The highest BCUT2D eigenvalue weighted by molar-refractivity contribution is 5.95. The summed E-state index contributed by atoms with van der Waals surface area (Å²) in [6.45, 7) is 6.45. The van der Waals surface area contributed by atoms with Gasteiger partial charge < -0.3 is 24.1 Å². The Labute approximate surface area is 177 Å². The highest BCUT2D eigenvalue weighted by Gasteiger charge is 2.25. The topological polar surface area (TPSA) is 81.0 Å². The second-order valence-electron chi connectivity index (χ2n) is 7.41. The third-order valence-electron chi connectivity index (χ3n) is 5.01. The van der Waals surface area contributed by atoms with Crippen molar-refractivity contribution < 1.29 is 23.5 Å². The van der Waals surface area contributed by atoms with Gasteiger partial charge in [-0.2, -0.15) is 0 Å². The van der Waals surface area contributed by atoms with E-state index in [9.17, 15) is 9.59 Å². The monoisotopic (exact) mass is 414 g/mol. The van der Waals surface area contributed by atoms with Crippen LogP contribution in [0.15, 0.2) is 41.2 Å². The van der Waals surface area contributed by atoms with Gasteiger partial charge in [-0.3, -0.25) is 9.59 Å². The molecule has 7 nitrogen and oxygen atoms in total. The molecule has 0 radical (unpaired) electrons. The van der Waals surface area contributed by atoms with Crippen molar-refractivity contribution in [2.45, 2.75) is 45.6 Å². The number of nitrogens with one attached hydrogen (secondary N) is 1. The minimum atomic E-state index is -0.141. The van der Waals surface area contributed by atoms with Crippen molar-refractivity contribution >= 4 is 11.8 Å². The minimum absolute atomic E-state index is 0.0296. The van der Waals surface area contributed by atoms with Crippen molar-refractivity contribution in [2.24, 2.45) is 0 Å². The first-order valence-electron chi connectivity index (χ1n) is 10.6. The van der Waals surface area contributed by atoms with Gasteiger partial charge in [0, 0.05) is 24.7 Å². The fourth-order valence-electron chi connectivity index (χ4n) is 3.37. The van der Waals surface area contributed by atoms with Crippen LogP contribution in [0, 0.1) is 0 Å². The average molecular weight is 415 g/mol. The quantitative estimate of drug-likeness (QED) is 0.673. The molecule has 1 aromatic heterocycles. The average Bonchev–Trinajstić information content (AvgIpc) is 3.31. The maximum atomic E-state index is 12.8. The number of amides is 2. The molecule has 30 heavy (non-hydrogen) atoms. The number of rotatable bonds is 9. The molecule has 3 rings (SSSR count). The first-order chi connectivity index (χ1) is 14.6. The Bertz CT molecular complexity index is 826. The van der Waals surface area contributed by atoms with Gasteiger partial charge in [0.05, 0.1) is 25.0 Å². The number of hydrogen-bond acceptors (Lipinski definition) is 5. The summed E-state index contributed by atoms with van der Waals surface area (Å²) in [6, 6.07) is 7.00. The molecule has 162 valence electrons. The molecule has 1 fully saturated rings. The zero-order valence-corrected chi connectivity index (χ0v) is 17.7. The molecule has 2 heterocycles. The number of carbonyl (C=O) groups excluding carboxylic acids is 2. The number of hydrogen-bond donors (Lipinski definition) is 1. The summed E-state index contributed by atoms with van der Waals surface area (Å²) in [5.41, 5.74) is 1.10. The molecule has 0 spiro atoms. The van der Waals surface area contributed by atoms with Crippen molar-refractivity contribution in [3.63, 3.8) is 0 Å². The lowest BCUT2D eigenvalue weighted by atomic mass is 10.0. The van der Waals surface area contributed by atoms with E-state index in [-0.39, 0.29) is 17.9 Å². The number of likely N-dealkylation sites (tertiary alicyclic amines) is 1. The summed E-state index contributed by atoms with van der Waals surface area (Å²) >= 11 is 0. The van der Waals surface area contributed by atoms with Crippen LogP contribution in [0.5, 0.6) is 11.5 Å². The molecule has 1 aromatic carbocycles. The van der Waals surface area contributed by atoms with Crippen LogP contribution < -0.4 is 14.8 Å². The van der Waals surface area contributed by atoms with Crippen molar-refractivity contribution in [3.8, 4) is 11.5 Å². The number of nitrogens with zero attached hydrogens (tertiary/aromatic N) is 1. The summed E-state index contributed by atoms with van der Waals surface area (Å²) in [5.74, 6) is 1.08. The first kappa shape index (κ1) is 21.7. The third-order valence-corrected chi connectivity index (χ3v) is 5.01. The molecular formula is C23H30N2O5. The number of piperidine rings is 1. The minimum Gasteiger partial charge on any atom is -0.490 e. The zero-order chi connectivity index (χ0) is 21.3. The largest absolute Gasteiger partial charge is 0.490 e. The molecule has 0 unspecified atom stereocenters. The molecule has 0 aliphatic carbocycles. The van der Waals surface area contributed by atoms with E-state index in [0.29, 0.717) is 61.8 Å². The molecule has 1 N–H and O–H groups in total. The van der Waals surface area contributed by atoms with Crippen LogP contribution in [0.2, 0.25) is 0 Å². The van der Waals surface area contributed by atoms with Gasteiger partial charge in [-0.05, 0) is 49.9 Å². The van der Waals surface area contributed by atoms with Crippen LogP contribution >= 0.6 is 0 Å². The third kappa shape index (κ3) is 5.55. The highest BCUT2D eigenvalue weighted by Crippen LogP contribution is 2.29. The van der Waals surface area contributed by atoms with Gasteiger partial charge >= 0.3 is 0 Å². The maximum Gasteiger partial charge on any atom is 0.257 e. The van der Waals surface area contributed by atoms with Gasteiger partial charge in [-0.15, -0.1) is 0 Å². The lowest BCUT2D eigenvalue weighted by molar-refractivity contribution is 0.0697. The number of carbonyl (C=O) groups is 2. The number of furan rings is 1. The Kier molecular flexibility index (Phi) is 7.76. The number of ether oxygens (including phenoxy) is 2. The molecule has 0 atom stereocenters. The Morgan fingerprint density at radius 1 is 1.03 bits per heavy atom. The van der Waals surface area contributed by atoms with Gasteiger partial charge in [-0.25, -0.2) is 0 Å². The van der Waals surface area contributed by atoms with Crippen molar-refractivity contribution in [1.82, 2.24) is 10.2 Å². The molecule has 0 saturated carbocycles. The van der Waals surface area contributed by atoms with E-state index in [0.717, 1.165) is 12.8 Å². The lowest BCUT2D eigenvalue weighted by Crippen LogP contribution is -2.46. The predicted molar refractivity (Wildman–Crippen MR) is 113 cm³/mol. The summed E-state index contributed by atoms with van der Waals surface area (Å²) in [5, 5.41) is 3.08. The van der Waals surface area contributed by atoms with Crippen LogP contribution in [-0.2, 0) is 0 Å². The number of benzene rings is 1. The van der Waals surface area contributed by atoms with Crippen molar-refractivity contribution in [1.29, 1.82) is 0 Å². The second kappa shape index (κ2) is 10.7. The lowest BCUT2D eigenvalue weighted by Gasteiger charge is -2.32. The standard InChI is InChI=1S/C23H30N2O5/c1-3-12-29-20-6-5-17(15-21(20)30-13-4-2)22(26)24-19-7-10-25(11-8-19)23(27)18-9-14-28-16-18/h5-6,9,14-16,19H,3-4,7-8,10-13H2,1-2H3,(H,24,26). The van der Waals surface area contributed by atoms with Crippen LogP contribution in [0.1, 0.15) is 60.2 Å². The molecule has 1 aliphatic rings. The van der Waals surface area contributed by atoms with Gasteiger partial charge in [0.1, 0.15) is 6.26 Å². The molecule has 7 heteroatoms. The van der Waals surface area contributed by atoms with E-state index in [1.807, 2.05) is 13.8 Å². The highest BCUT2D eigenvalue weighted by atomic mass is 16.5. The Hall–Kier alpha value is -2.96. The zero-order valence-electron chi connectivity index (χ0n) is 17.7. The maximum absolute atomic E-state index is 12.8. The van der Waals surface area contributed by atoms with E-state index in [2.05, 4.69) is 5.32 Å². The summed E-state index contributed by atoms with van der Waals surface area (Å²) in [6.07, 6.45) is 6.16. The fraction of sp³-hybridized carbons (Fsp3) is 0.478. The van der Waals surface area contributed by atoms with E-state index in [1.54, 1.807) is 29.2 Å². The predicted octanol–water partition coefficient (Wildman–Crippen LogP) is 3.89. The first-order valence-corrected chi connectivity index (χ1v) is 10.6.